The van der Waals surface area contributed by atoms with Crippen molar-refractivity contribution in [2.24, 2.45) is 16.7 Å². The molecule has 16 nitrogen and oxygen atoms in total. The van der Waals surface area contributed by atoms with Crippen LogP contribution < -0.4 is 5.32 Å². The number of rotatable bonds is 15. The highest BCUT2D eigenvalue weighted by Crippen LogP contribution is 2.66. The van der Waals surface area contributed by atoms with Gasteiger partial charge < -0.3 is 47.7 Å². The Bertz CT molecular complexity index is 2870. The fraction of sp³-hybridized carbons (Fsp3) is 0.556. The van der Waals surface area contributed by atoms with E-state index in [1.54, 1.807) is 94.4 Å². The molecule has 438 valence electrons. The van der Waals surface area contributed by atoms with Gasteiger partial charge in [0.15, 0.2) is 46.3 Å². The zero-order valence-corrected chi connectivity index (χ0v) is 51.2. The number of carbonyl (C=O) groups is 6. The van der Waals surface area contributed by atoms with E-state index in [4.69, 9.17) is 37.3 Å². The molecule has 2 saturated carbocycles. The SMILES string of the molecule is CC[Si](CC)(CC)O[C@H]1C[C@H]2OC[C@@]2(OC(C)=O)[C@H]2[C@H](OC(=O)c3ccccc3)[C@]3(O)[C@H]4OCC/C=C/c5ccccc5C(=O)N[C@@H](c5ccccc5)[C@@H](O[Si](CC)(CC)CC)C(=O)O[C@@H]4C(C)=C([C@@H](OC(C)=O)C(=O)[C@]12C)C3(C)C. The van der Waals surface area contributed by atoms with Gasteiger partial charge in [0.1, 0.15) is 23.9 Å². The molecule has 81 heavy (non-hydrogen) atoms. The monoisotopic (exact) mass is 1150 g/mol. The minimum absolute atomic E-state index is 0.0565. The van der Waals surface area contributed by atoms with Gasteiger partial charge in [-0.3, -0.25) is 19.2 Å². The molecule has 2 heterocycles. The minimum atomic E-state index is -2.84. The van der Waals surface area contributed by atoms with Gasteiger partial charge in [-0.2, -0.15) is 0 Å². The smallest absolute Gasteiger partial charge is 0.338 e. The van der Waals surface area contributed by atoms with Crippen molar-refractivity contribution < 1.29 is 71.1 Å². The Kier molecular flexibility index (Phi) is 18.4. The molecule has 2 bridgehead atoms. The van der Waals surface area contributed by atoms with E-state index in [-0.39, 0.29) is 42.8 Å². The number of ether oxygens (including phenoxy) is 6. The highest BCUT2D eigenvalue weighted by Gasteiger charge is 2.80. The van der Waals surface area contributed by atoms with Crippen molar-refractivity contribution in [2.75, 3.05) is 13.2 Å². The molecular formula is C63H83NO15Si2. The molecule has 3 fully saturated rings. The first-order chi connectivity index (χ1) is 38.5. The lowest BCUT2D eigenvalue weighted by Gasteiger charge is -2.69. The molecule has 0 radical (unpaired) electrons. The van der Waals surface area contributed by atoms with Crippen LogP contribution >= 0.6 is 0 Å². The summed E-state index contributed by atoms with van der Waals surface area (Å²) in [5, 5.41) is 18.3. The lowest BCUT2D eigenvalue weighted by Crippen LogP contribution is -2.84. The third-order valence-corrected chi connectivity index (χ3v) is 28.4. The van der Waals surface area contributed by atoms with Crippen LogP contribution in [0, 0.1) is 16.7 Å². The number of benzene rings is 3. The van der Waals surface area contributed by atoms with E-state index in [1.807, 2.05) is 51.1 Å². The van der Waals surface area contributed by atoms with Crippen molar-refractivity contribution in [3.63, 3.8) is 0 Å². The molecule has 12 atom stereocenters. The van der Waals surface area contributed by atoms with E-state index in [0.29, 0.717) is 53.0 Å². The van der Waals surface area contributed by atoms with Crippen LogP contribution in [0.1, 0.15) is 134 Å². The van der Waals surface area contributed by atoms with Gasteiger partial charge in [0.05, 0.1) is 42.3 Å². The number of carbonyl (C=O) groups excluding carboxylic acids is 6. The summed E-state index contributed by atoms with van der Waals surface area (Å²) < 4.78 is 55.1. The zero-order valence-electron chi connectivity index (χ0n) is 49.2. The molecule has 0 unspecified atom stereocenters. The Morgan fingerprint density at radius 1 is 0.753 bits per heavy atom. The summed E-state index contributed by atoms with van der Waals surface area (Å²) in [4.78, 5) is 90.8. The van der Waals surface area contributed by atoms with Crippen LogP contribution in [0.4, 0.5) is 0 Å². The van der Waals surface area contributed by atoms with Gasteiger partial charge in [-0.25, -0.2) is 9.59 Å². The molecule has 1 amide bonds. The first kappa shape index (κ1) is 61.5. The number of hydrogen-bond donors (Lipinski definition) is 2. The topological polar surface area (TPSA) is 209 Å². The first-order valence-electron chi connectivity index (χ1n) is 29.0. The highest BCUT2D eigenvalue weighted by molar-refractivity contribution is 6.74. The zero-order chi connectivity index (χ0) is 58.9. The molecule has 0 aromatic heterocycles. The van der Waals surface area contributed by atoms with Crippen LogP contribution in [0.5, 0.6) is 0 Å². The van der Waals surface area contributed by atoms with Gasteiger partial charge >= 0.3 is 23.9 Å². The van der Waals surface area contributed by atoms with Gasteiger partial charge in [0, 0.05) is 31.2 Å². The number of esters is 4. The fourth-order valence-electron chi connectivity index (χ4n) is 14.1. The number of hydrogen-bond acceptors (Lipinski definition) is 15. The number of fused-ring (bicyclic) bond motifs is 8. The number of nitrogens with one attached hydrogen (secondary N) is 1. The van der Waals surface area contributed by atoms with Crippen LogP contribution in [-0.4, -0.2) is 124 Å². The van der Waals surface area contributed by atoms with Crippen LogP contribution in [0.15, 0.2) is 102 Å². The third-order valence-electron chi connectivity index (χ3n) is 19.1. The molecule has 8 rings (SSSR count). The standard InChI is InChI=1S/C63H83NO15Si2/c1-13-80(14-2,15-3)78-46-37-47-62(38-73-47,77-41(9)66)53-56(76-58(69)44-33-23-20-24-34-44)63(71)55-50(39(7)48(60(63,10)11)51(74-40(8)65)54(67)61(46,53)12)75-59(70)52(79-81(16-4,17-5)18-6)49(43-31-21-19-22-32-43)64-57(68)45-35-26-25-29-42(45)30-27-28-36-72-55/h19-27,29-35,46-47,49-53,55-56,71H,13-18,28,36-38H2,1-12H3,(H,64,68)/b30-27+/t46-,47+,49-,50+,51+,52+,53-,55-,56-,61+,62-,63+/m0/s1. The minimum Gasteiger partial charge on any atom is -0.455 e. The molecule has 5 aliphatic rings. The van der Waals surface area contributed by atoms with Crippen molar-refractivity contribution in [3.8, 4) is 0 Å². The summed E-state index contributed by atoms with van der Waals surface area (Å²) in [6.07, 6.45) is -6.57. The number of Topliss-reactive ketones (excluding diaryl/α,β-unsaturated/α-hetero) is 1. The Labute approximate surface area is 479 Å². The van der Waals surface area contributed by atoms with E-state index >= 15 is 19.5 Å². The molecule has 2 N–H and O–H groups in total. The van der Waals surface area contributed by atoms with Crippen LogP contribution in [0.25, 0.3) is 6.08 Å². The second-order valence-corrected chi connectivity index (χ2v) is 32.8. The van der Waals surface area contributed by atoms with Crippen molar-refractivity contribution in [1.82, 2.24) is 5.32 Å². The van der Waals surface area contributed by atoms with Crippen molar-refractivity contribution in [3.05, 3.63) is 124 Å². The maximum atomic E-state index is 16.9. The summed E-state index contributed by atoms with van der Waals surface area (Å²) in [5.41, 5.74) is -6.19. The molecule has 18 heteroatoms. The largest absolute Gasteiger partial charge is 0.455 e. The summed E-state index contributed by atoms with van der Waals surface area (Å²) in [7, 11) is -5.55. The third kappa shape index (κ3) is 10.9. The second-order valence-electron chi connectivity index (χ2n) is 23.4. The van der Waals surface area contributed by atoms with E-state index in [9.17, 15) is 14.4 Å². The van der Waals surface area contributed by atoms with Gasteiger partial charge in [0.2, 0.25) is 0 Å². The molecule has 3 aromatic carbocycles. The summed E-state index contributed by atoms with van der Waals surface area (Å²) in [6, 6.07) is 27.1. The molecule has 3 aliphatic carbocycles. The molecule has 3 aromatic rings. The van der Waals surface area contributed by atoms with Gasteiger partial charge in [-0.1, -0.05) is 134 Å². The van der Waals surface area contributed by atoms with E-state index in [0.717, 1.165) is 0 Å². The molecular weight excluding hydrogens is 1070 g/mol. The number of aliphatic hydroxyl groups is 1. The fourth-order valence-corrected chi connectivity index (χ4v) is 19.8. The quantitative estimate of drug-likeness (QED) is 0.0628. The number of ketones is 1. The Hall–Kier alpha value is -5.61. The maximum Gasteiger partial charge on any atom is 0.338 e. The molecule has 0 spiro atoms. The highest BCUT2D eigenvalue weighted by atomic mass is 28.4. The van der Waals surface area contributed by atoms with Gasteiger partial charge in [0.25, 0.3) is 5.91 Å². The lowest BCUT2D eigenvalue weighted by molar-refractivity contribution is -0.352. The summed E-state index contributed by atoms with van der Waals surface area (Å²) >= 11 is 0. The average Bonchev–Trinajstić information content (AvgIpc) is 3.29. The van der Waals surface area contributed by atoms with Crippen molar-refractivity contribution in [1.29, 1.82) is 0 Å². The molecule has 1 saturated heterocycles. The number of amides is 1. The van der Waals surface area contributed by atoms with E-state index in [2.05, 4.69) is 26.1 Å². The normalized spacial score (nSPS) is 31.7. The Balaban J connectivity index is 1.47. The van der Waals surface area contributed by atoms with E-state index in [1.165, 1.54) is 13.8 Å². The predicted octanol–water partition coefficient (Wildman–Crippen LogP) is 10.2. The van der Waals surface area contributed by atoms with Crippen LogP contribution in [0.3, 0.4) is 0 Å². The maximum absolute atomic E-state index is 16.9. The lowest BCUT2D eigenvalue weighted by atomic mass is 9.44. The van der Waals surface area contributed by atoms with Gasteiger partial charge in [-0.05, 0) is 97.0 Å². The molecule has 2 aliphatic heterocycles. The van der Waals surface area contributed by atoms with E-state index < -0.39 is 129 Å². The van der Waals surface area contributed by atoms with Crippen LogP contribution in [0.2, 0.25) is 36.3 Å². The van der Waals surface area contributed by atoms with Crippen molar-refractivity contribution >= 4 is 58.3 Å². The average molecular weight is 1150 g/mol. The Morgan fingerprint density at radius 3 is 1.93 bits per heavy atom. The van der Waals surface area contributed by atoms with Crippen molar-refractivity contribution in [2.45, 2.75) is 192 Å². The predicted molar refractivity (Wildman–Crippen MR) is 309 cm³/mol. The van der Waals surface area contributed by atoms with Crippen LogP contribution in [-0.2, 0) is 56.5 Å². The summed E-state index contributed by atoms with van der Waals surface area (Å²) in [5.74, 6) is -6.01. The summed E-state index contributed by atoms with van der Waals surface area (Å²) in [6.45, 7) is 20.9. The first-order valence-corrected chi connectivity index (χ1v) is 34.1. The second kappa shape index (κ2) is 24.3. The Morgan fingerprint density at radius 2 is 1.35 bits per heavy atom. The van der Waals surface area contributed by atoms with Gasteiger partial charge in [-0.15, -0.1) is 0 Å².